The number of aromatic nitrogens is 3. The number of ether oxygens (including phenoxy) is 1. The van der Waals surface area contributed by atoms with Gasteiger partial charge in [-0.1, -0.05) is 25.0 Å². The minimum absolute atomic E-state index is 0.0752. The largest absolute Gasteiger partial charge is 0.481 e. The fourth-order valence-corrected chi connectivity index (χ4v) is 4.13. The van der Waals surface area contributed by atoms with Crippen molar-refractivity contribution in [3.8, 4) is 5.88 Å². The van der Waals surface area contributed by atoms with Gasteiger partial charge >= 0.3 is 0 Å². The van der Waals surface area contributed by atoms with Crippen LogP contribution in [0.3, 0.4) is 0 Å². The highest BCUT2D eigenvalue weighted by Crippen LogP contribution is 2.28. The summed E-state index contributed by atoms with van der Waals surface area (Å²) in [6.45, 7) is 1.98. The Balaban J connectivity index is 1.73. The van der Waals surface area contributed by atoms with Crippen LogP contribution in [0.4, 0.5) is 0 Å². The number of rotatable bonds is 4. The molecule has 2 atom stereocenters. The van der Waals surface area contributed by atoms with Crippen molar-refractivity contribution >= 4 is 10.9 Å². The van der Waals surface area contributed by atoms with Crippen LogP contribution in [0.25, 0.3) is 10.9 Å². The van der Waals surface area contributed by atoms with E-state index < -0.39 is 6.10 Å². The maximum atomic E-state index is 13.2. The number of nitrogens with zero attached hydrogens (tertiary/aromatic N) is 3. The van der Waals surface area contributed by atoms with Gasteiger partial charge in [-0.2, -0.15) is 0 Å². The zero-order valence-corrected chi connectivity index (χ0v) is 16.3. The molecule has 0 amide bonds. The summed E-state index contributed by atoms with van der Waals surface area (Å²) in [5.41, 5.74) is 3.71. The molecule has 1 aromatic carbocycles. The Labute approximate surface area is 163 Å². The summed E-state index contributed by atoms with van der Waals surface area (Å²) in [6.07, 6.45) is 7.15. The van der Waals surface area contributed by atoms with Crippen LogP contribution in [0.2, 0.25) is 0 Å². The smallest absolute Gasteiger partial charge is 0.261 e. The van der Waals surface area contributed by atoms with Crippen molar-refractivity contribution in [2.75, 3.05) is 7.11 Å². The van der Waals surface area contributed by atoms with Crippen molar-refractivity contribution in [3.05, 3.63) is 63.8 Å². The predicted molar refractivity (Wildman–Crippen MR) is 108 cm³/mol. The predicted octanol–water partition coefficient (Wildman–Crippen LogP) is 3.18. The Hall–Kier alpha value is -2.73. The number of benzene rings is 1. The summed E-state index contributed by atoms with van der Waals surface area (Å²) in [5.74, 6) is 0.580. The van der Waals surface area contributed by atoms with Crippen LogP contribution in [0.1, 0.15) is 48.4 Å². The Morgan fingerprint density at radius 1 is 1.18 bits per heavy atom. The number of pyridine rings is 1. The lowest BCUT2D eigenvalue weighted by Gasteiger charge is -2.29. The van der Waals surface area contributed by atoms with Crippen molar-refractivity contribution in [1.29, 1.82) is 0 Å². The first-order chi connectivity index (χ1) is 13.6. The summed E-state index contributed by atoms with van der Waals surface area (Å²) >= 11 is 0. The second-order valence-corrected chi connectivity index (χ2v) is 7.57. The molecule has 28 heavy (non-hydrogen) atoms. The van der Waals surface area contributed by atoms with Gasteiger partial charge in [0.25, 0.3) is 5.56 Å². The molecule has 146 valence electrons. The number of aryl methyl sites for hydroxylation is 1. The lowest BCUT2D eigenvalue weighted by molar-refractivity contribution is 0.0735. The standard InChI is InChI=1S/C22H25N3O3/c1-14-9-16(10-15-7-8-20(28-2)23-12-15)11-17-21(14)24-13-25(22(17)27)18-5-3-4-6-19(18)26/h7-9,11-13,18-19,26H,3-6,10H2,1-2H3. The van der Waals surface area contributed by atoms with Gasteiger partial charge in [-0.3, -0.25) is 9.36 Å². The van der Waals surface area contributed by atoms with Crippen LogP contribution in [0.5, 0.6) is 5.88 Å². The lowest BCUT2D eigenvalue weighted by atomic mass is 9.92. The topological polar surface area (TPSA) is 77.2 Å². The molecule has 0 radical (unpaired) electrons. The molecule has 2 heterocycles. The van der Waals surface area contributed by atoms with Crippen LogP contribution in [-0.2, 0) is 6.42 Å². The van der Waals surface area contributed by atoms with Gasteiger partial charge in [0, 0.05) is 12.3 Å². The van der Waals surface area contributed by atoms with Crippen molar-refractivity contribution in [1.82, 2.24) is 14.5 Å². The van der Waals surface area contributed by atoms with E-state index in [9.17, 15) is 9.90 Å². The van der Waals surface area contributed by atoms with Crippen LogP contribution >= 0.6 is 0 Å². The number of fused-ring (bicyclic) bond motifs is 1. The fourth-order valence-electron chi connectivity index (χ4n) is 4.13. The van der Waals surface area contributed by atoms with Gasteiger partial charge < -0.3 is 9.84 Å². The van der Waals surface area contributed by atoms with Crippen molar-refractivity contribution in [3.63, 3.8) is 0 Å². The Bertz CT molecular complexity index is 1040. The van der Waals surface area contributed by atoms with E-state index in [2.05, 4.69) is 16.0 Å². The molecule has 6 heteroatoms. The van der Waals surface area contributed by atoms with Gasteiger partial charge in [-0.05, 0) is 48.9 Å². The molecule has 0 saturated heterocycles. The van der Waals surface area contributed by atoms with E-state index in [1.54, 1.807) is 24.2 Å². The second-order valence-electron chi connectivity index (χ2n) is 7.57. The average Bonchev–Trinajstić information content (AvgIpc) is 2.70. The summed E-state index contributed by atoms with van der Waals surface area (Å²) in [5, 5.41) is 11.0. The molecule has 4 rings (SSSR count). The van der Waals surface area contributed by atoms with Gasteiger partial charge in [0.1, 0.15) is 0 Å². The Kier molecular flexibility index (Phi) is 5.13. The molecule has 1 aliphatic rings. The van der Waals surface area contributed by atoms with Gasteiger partial charge in [0.15, 0.2) is 0 Å². The number of hydrogen-bond acceptors (Lipinski definition) is 5. The third-order valence-corrected chi connectivity index (χ3v) is 5.60. The van der Waals surface area contributed by atoms with Crippen molar-refractivity contribution in [2.24, 2.45) is 0 Å². The summed E-state index contributed by atoms with van der Waals surface area (Å²) in [7, 11) is 1.59. The molecular weight excluding hydrogens is 354 g/mol. The van der Waals surface area contributed by atoms with Crippen molar-refractivity contribution in [2.45, 2.75) is 51.2 Å². The quantitative estimate of drug-likeness (QED) is 0.753. The number of hydrogen-bond donors (Lipinski definition) is 1. The molecule has 0 spiro atoms. The number of aliphatic hydroxyl groups is 1. The summed E-state index contributed by atoms with van der Waals surface area (Å²) in [4.78, 5) is 22.0. The average molecular weight is 379 g/mol. The lowest BCUT2D eigenvalue weighted by Crippen LogP contribution is -2.34. The first-order valence-electron chi connectivity index (χ1n) is 9.74. The summed E-state index contributed by atoms with van der Waals surface area (Å²) < 4.78 is 6.74. The number of methoxy groups -OCH3 is 1. The van der Waals surface area contributed by atoms with E-state index in [0.717, 1.165) is 47.9 Å². The fraction of sp³-hybridized carbons (Fsp3) is 0.409. The van der Waals surface area contributed by atoms with E-state index in [0.29, 0.717) is 17.7 Å². The highest BCUT2D eigenvalue weighted by Gasteiger charge is 2.26. The normalized spacial score (nSPS) is 19.7. The third kappa shape index (κ3) is 3.52. The number of aliphatic hydroxyl groups excluding tert-OH is 1. The van der Waals surface area contributed by atoms with E-state index in [-0.39, 0.29) is 11.6 Å². The maximum absolute atomic E-state index is 13.2. The third-order valence-electron chi connectivity index (χ3n) is 5.60. The van der Waals surface area contributed by atoms with Gasteiger partial charge in [-0.15, -0.1) is 0 Å². The SMILES string of the molecule is COc1ccc(Cc2cc(C)c3ncn(C4CCCCC4O)c(=O)c3c2)cn1. The van der Waals surface area contributed by atoms with E-state index >= 15 is 0 Å². The molecule has 1 aliphatic carbocycles. The van der Waals surface area contributed by atoms with Gasteiger partial charge in [-0.25, -0.2) is 9.97 Å². The van der Waals surface area contributed by atoms with Crippen LogP contribution in [0.15, 0.2) is 41.6 Å². The minimum atomic E-state index is -0.486. The highest BCUT2D eigenvalue weighted by atomic mass is 16.5. The summed E-state index contributed by atoms with van der Waals surface area (Å²) in [6, 6.07) is 7.62. The zero-order valence-electron chi connectivity index (χ0n) is 16.3. The van der Waals surface area contributed by atoms with Crippen molar-refractivity contribution < 1.29 is 9.84 Å². The first-order valence-corrected chi connectivity index (χ1v) is 9.74. The molecule has 0 aliphatic heterocycles. The van der Waals surface area contributed by atoms with E-state index in [1.165, 1.54) is 0 Å². The molecule has 1 N–H and O–H groups in total. The molecule has 6 nitrogen and oxygen atoms in total. The van der Waals surface area contributed by atoms with Gasteiger partial charge in [0.2, 0.25) is 5.88 Å². The van der Waals surface area contributed by atoms with Crippen LogP contribution in [-0.4, -0.2) is 32.9 Å². The molecule has 3 aromatic rings. The molecule has 1 saturated carbocycles. The molecular formula is C22H25N3O3. The Morgan fingerprint density at radius 3 is 2.71 bits per heavy atom. The van der Waals surface area contributed by atoms with Crippen LogP contribution in [0, 0.1) is 6.92 Å². The Morgan fingerprint density at radius 2 is 2.00 bits per heavy atom. The second kappa shape index (κ2) is 7.72. The monoisotopic (exact) mass is 379 g/mol. The minimum Gasteiger partial charge on any atom is -0.481 e. The van der Waals surface area contributed by atoms with E-state index in [1.807, 2.05) is 25.1 Å². The first kappa shape index (κ1) is 18.6. The zero-order chi connectivity index (χ0) is 19.7. The highest BCUT2D eigenvalue weighted by molar-refractivity contribution is 5.81. The molecule has 2 unspecified atom stereocenters. The molecule has 1 fully saturated rings. The maximum Gasteiger partial charge on any atom is 0.261 e. The van der Waals surface area contributed by atoms with Crippen LogP contribution < -0.4 is 10.3 Å². The molecule has 2 aromatic heterocycles. The molecule has 0 bridgehead atoms. The van der Waals surface area contributed by atoms with Gasteiger partial charge in [0.05, 0.1) is 36.5 Å². The van der Waals surface area contributed by atoms with E-state index in [4.69, 9.17) is 4.74 Å².